The first-order valence-electron chi connectivity index (χ1n) is 9.47. The lowest BCUT2D eigenvalue weighted by atomic mass is 10.1. The molecule has 0 saturated heterocycles. The van der Waals surface area contributed by atoms with Crippen LogP contribution >= 0.6 is 0 Å². The molecule has 0 aliphatic rings. The van der Waals surface area contributed by atoms with Crippen LogP contribution in [0.1, 0.15) is 42.3 Å². The monoisotopic (exact) mass is 393 g/mol. The van der Waals surface area contributed by atoms with Gasteiger partial charge < -0.3 is 14.5 Å². The van der Waals surface area contributed by atoms with E-state index in [1.54, 1.807) is 30.5 Å². The molecule has 29 heavy (non-hydrogen) atoms. The molecule has 0 aliphatic carbocycles. The van der Waals surface area contributed by atoms with Gasteiger partial charge in [0.25, 0.3) is 5.91 Å². The van der Waals surface area contributed by atoms with Crippen LogP contribution in [0.2, 0.25) is 0 Å². The number of nitrogens with one attached hydrogen (secondary N) is 1. The fourth-order valence-corrected chi connectivity index (χ4v) is 2.99. The molecule has 2 aromatic carbocycles. The number of amides is 1. The Kier molecular flexibility index (Phi) is 6.12. The van der Waals surface area contributed by atoms with Gasteiger partial charge in [0.1, 0.15) is 5.58 Å². The number of rotatable bonds is 7. The van der Waals surface area contributed by atoms with E-state index < -0.39 is 18.0 Å². The average Bonchev–Trinajstić information content (AvgIpc) is 3.09. The van der Waals surface area contributed by atoms with Crippen LogP contribution in [0.25, 0.3) is 11.0 Å². The zero-order chi connectivity index (χ0) is 21.0. The van der Waals surface area contributed by atoms with Gasteiger partial charge in [0.2, 0.25) is 0 Å². The lowest BCUT2D eigenvalue weighted by molar-refractivity contribution is -0.152. The maximum absolute atomic E-state index is 12.3. The third kappa shape index (κ3) is 4.90. The van der Waals surface area contributed by atoms with E-state index in [1.807, 2.05) is 18.2 Å². The molecule has 3 aromatic rings. The summed E-state index contributed by atoms with van der Waals surface area (Å²) in [5.74, 6) is -1.09. The molecule has 0 unspecified atom stereocenters. The third-order valence-corrected chi connectivity index (χ3v) is 4.68. The Morgan fingerprint density at radius 3 is 2.66 bits per heavy atom. The molecule has 0 saturated carbocycles. The van der Waals surface area contributed by atoms with E-state index in [0.717, 1.165) is 28.5 Å². The maximum atomic E-state index is 12.3. The van der Waals surface area contributed by atoms with Crippen LogP contribution in [0.15, 0.2) is 53.1 Å². The second-order valence-corrected chi connectivity index (χ2v) is 6.88. The van der Waals surface area contributed by atoms with E-state index in [9.17, 15) is 14.4 Å². The number of anilines is 1. The molecular formula is C23H23NO5. The number of ether oxygens (including phenoxy) is 1. The van der Waals surface area contributed by atoms with E-state index in [4.69, 9.17) is 9.15 Å². The minimum Gasteiger partial charge on any atom is -0.464 e. The normalized spacial score (nSPS) is 11.8. The second-order valence-electron chi connectivity index (χ2n) is 6.88. The smallest absolute Gasteiger partial charge is 0.311 e. The summed E-state index contributed by atoms with van der Waals surface area (Å²) in [6.07, 6.45) is 1.48. The van der Waals surface area contributed by atoms with E-state index >= 15 is 0 Å². The molecule has 150 valence electrons. The number of carbonyl (C=O) groups is 3. The molecule has 0 radical (unpaired) electrons. The molecule has 0 aliphatic heterocycles. The number of ketones is 1. The van der Waals surface area contributed by atoms with E-state index in [-0.39, 0.29) is 12.2 Å². The van der Waals surface area contributed by atoms with Crippen LogP contribution in [-0.4, -0.2) is 23.8 Å². The van der Waals surface area contributed by atoms with Gasteiger partial charge in [0, 0.05) is 22.2 Å². The van der Waals surface area contributed by atoms with Crippen molar-refractivity contribution < 1.29 is 23.5 Å². The molecule has 1 N–H and O–H groups in total. The van der Waals surface area contributed by atoms with Gasteiger partial charge in [-0.1, -0.05) is 31.2 Å². The first-order chi connectivity index (χ1) is 13.9. The van der Waals surface area contributed by atoms with Gasteiger partial charge in [-0.25, -0.2) is 0 Å². The van der Waals surface area contributed by atoms with Crippen molar-refractivity contribution in [3.63, 3.8) is 0 Å². The van der Waals surface area contributed by atoms with Crippen LogP contribution in [-0.2, 0) is 27.2 Å². The first kappa shape index (κ1) is 20.3. The predicted octanol–water partition coefficient (Wildman–Crippen LogP) is 4.31. The molecule has 1 aromatic heterocycles. The SMILES string of the molecule is CCc1ccc2c(CC(=O)O[C@@H](C)C(=O)Nc3cccc(C(C)=O)c3)coc2c1. The van der Waals surface area contributed by atoms with Gasteiger partial charge >= 0.3 is 5.97 Å². The highest BCUT2D eigenvalue weighted by molar-refractivity contribution is 5.98. The van der Waals surface area contributed by atoms with Gasteiger partial charge in [-0.2, -0.15) is 0 Å². The molecule has 6 nitrogen and oxygen atoms in total. The van der Waals surface area contributed by atoms with Crippen molar-refractivity contribution in [1.82, 2.24) is 0 Å². The minimum atomic E-state index is -0.978. The number of carbonyl (C=O) groups excluding carboxylic acids is 3. The molecular weight excluding hydrogens is 370 g/mol. The van der Waals surface area contributed by atoms with Crippen LogP contribution in [0.5, 0.6) is 0 Å². The average molecular weight is 393 g/mol. The van der Waals surface area contributed by atoms with E-state index in [0.29, 0.717) is 11.3 Å². The highest BCUT2D eigenvalue weighted by Gasteiger charge is 2.20. The van der Waals surface area contributed by atoms with Crippen molar-refractivity contribution in [2.75, 3.05) is 5.32 Å². The molecule has 1 amide bonds. The number of esters is 1. The highest BCUT2D eigenvalue weighted by atomic mass is 16.5. The summed E-state index contributed by atoms with van der Waals surface area (Å²) in [4.78, 5) is 36.1. The number of hydrogen-bond acceptors (Lipinski definition) is 5. The Bertz CT molecular complexity index is 1070. The van der Waals surface area contributed by atoms with Crippen molar-refractivity contribution in [2.45, 2.75) is 39.7 Å². The summed E-state index contributed by atoms with van der Waals surface area (Å²) >= 11 is 0. The number of hydrogen-bond donors (Lipinski definition) is 1. The number of benzene rings is 2. The first-order valence-corrected chi connectivity index (χ1v) is 9.47. The van der Waals surface area contributed by atoms with Crippen molar-refractivity contribution in [1.29, 1.82) is 0 Å². The van der Waals surface area contributed by atoms with Gasteiger partial charge in [-0.05, 0) is 44.0 Å². The maximum Gasteiger partial charge on any atom is 0.311 e. The molecule has 1 heterocycles. The topological polar surface area (TPSA) is 85.6 Å². The molecule has 0 bridgehead atoms. The van der Waals surface area contributed by atoms with Crippen molar-refractivity contribution in [3.05, 3.63) is 65.4 Å². The fourth-order valence-electron chi connectivity index (χ4n) is 2.99. The summed E-state index contributed by atoms with van der Waals surface area (Å²) in [6.45, 7) is 5.02. The fraction of sp³-hybridized carbons (Fsp3) is 0.261. The summed E-state index contributed by atoms with van der Waals surface area (Å²) in [7, 11) is 0. The van der Waals surface area contributed by atoms with E-state index in [2.05, 4.69) is 12.2 Å². The van der Waals surface area contributed by atoms with Crippen molar-refractivity contribution in [2.24, 2.45) is 0 Å². The summed E-state index contributed by atoms with van der Waals surface area (Å²) in [6, 6.07) is 12.5. The summed E-state index contributed by atoms with van der Waals surface area (Å²) in [5, 5.41) is 3.52. The molecule has 0 fully saturated rings. The van der Waals surface area contributed by atoms with Gasteiger partial charge in [0.15, 0.2) is 11.9 Å². The van der Waals surface area contributed by atoms with Gasteiger partial charge in [-0.15, -0.1) is 0 Å². The second kappa shape index (κ2) is 8.73. The Morgan fingerprint density at radius 2 is 1.93 bits per heavy atom. The zero-order valence-electron chi connectivity index (χ0n) is 16.7. The number of fused-ring (bicyclic) bond motifs is 1. The molecule has 0 spiro atoms. The van der Waals surface area contributed by atoms with Gasteiger partial charge in [0.05, 0.1) is 12.7 Å². The van der Waals surface area contributed by atoms with Crippen LogP contribution in [0.4, 0.5) is 5.69 Å². The molecule has 3 rings (SSSR count). The zero-order valence-corrected chi connectivity index (χ0v) is 16.7. The van der Waals surface area contributed by atoms with Crippen LogP contribution < -0.4 is 5.32 Å². The quantitative estimate of drug-likeness (QED) is 0.477. The summed E-state index contributed by atoms with van der Waals surface area (Å²) in [5.41, 5.74) is 3.56. The Hall–Kier alpha value is -3.41. The lowest BCUT2D eigenvalue weighted by Gasteiger charge is -2.13. The summed E-state index contributed by atoms with van der Waals surface area (Å²) < 4.78 is 10.8. The Balaban J connectivity index is 1.61. The van der Waals surface area contributed by atoms with Gasteiger partial charge in [-0.3, -0.25) is 14.4 Å². The Morgan fingerprint density at radius 1 is 1.14 bits per heavy atom. The van der Waals surface area contributed by atoms with Crippen LogP contribution in [0, 0.1) is 0 Å². The lowest BCUT2D eigenvalue weighted by Crippen LogP contribution is -2.30. The number of aryl methyl sites for hydroxylation is 1. The molecule has 6 heteroatoms. The largest absolute Gasteiger partial charge is 0.464 e. The highest BCUT2D eigenvalue weighted by Crippen LogP contribution is 2.23. The molecule has 1 atom stereocenters. The van der Waals surface area contributed by atoms with Crippen LogP contribution in [0.3, 0.4) is 0 Å². The number of furan rings is 1. The third-order valence-electron chi connectivity index (χ3n) is 4.68. The predicted molar refractivity (Wildman–Crippen MR) is 110 cm³/mol. The van der Waals surface area contributed by atoms with E-state index in [1.165, 1.54) is 13.8 Å². The number of Topliss-reactive ketones (excluding diaryl/α,β-unsaturated/α-hetero) is 1. The minimum absolute atomic E-state index is 0.00983. The standard InChI is InChI=1S/C23H23NO5/c1-4-16-8-9-20-18(13-28-21(20)10-16)12-22(26)29-15(3)23(27)24-19-7-5-6-17(11-19)14(2)25/h5-11,13,15H,4,12H2,1-3H3,(H,24,27)/t15-/m0/s1. The van der Waals surface area contributed by atoms with Crippen molar-refractivity contribution >= 4 is 34.3 Å². The van der Waals surface area contributed by atoms with Crippen molar-refractivity contribution in [3.8, 4) is 0 Å². The Labute approximate surface area is 168 Å².